The van der Waals surface area contributed by atoms with Gasteiger partial charge in [-0.2, -0.15) is 4.73 Å². The largest absolute Gasteiger partial charge is 0.617 e. The lowest BCUT2D eigenvalue weighted by Gasteiger charge is -2.42. The zero-order valence-electron chi connectivity index (χ0n) is 17.2. The number of ether oxygens (including phenoxy) is 1. The van der Waals surface area contributed by atoms with Gasteiger partial charge < -0.3 is 20.4 Å². The zero-order valence-corrected chi connectivity index (χ0v) is 18.8. The van der Waals surface area contributed by atoms with Gasteiger partial charge >= 0.3 is 0 Å². The molecule has 0 unspecified atom stereocenters. The normalized spacial score (nSPS) is 19.6. The van der Waals surface area contributed by atoms with E-state index in [0.29, 0.717) is 17.8 Å². The van der Waals surface area contributed by atoms with Crippen LogP contribution in [0.15, 0.2) is 48.5 Å². The van der Waals surface area contributed by atoms with Gasteiger partial charge in [-0.25, -0.2) is 0 Å². The molecule has 2 heterocycles. The van der Waals surface area contributed by atoms with Gasteiger partial charge in [0, 0.05) is 17.7 Å². The summed E-state index contributed by atoms with van der Waals surface area (Å²) in [5.41, 5.74) is 2.60. The predicted octanol–water partition coefficient (Wildman–Crippen LogP) is 4.26. The minimum Gasteiger partial charge on any atom is -0.617 e. The third-order valence-corrected chi connectivity index (χ3v) is 5.92. The summed E-state index contributed by atoms with van der Waals surface area (Å²) in [5.74, 6) is 0.676. The highest BCUT2D eigenvalue weighted by Crippen LogP contribution is 2.42. The van der Waals surface area contributed by atoms with Crippen LogP contribution in [0.1, 0.15) is 36.6 Å². The molecule has 0 bridgehead atoms. The summed E-state index contributed by atoms with van der Waals surface area (Å²) < 4.78 is 6.84. The molecule has 1 aromatic heterocycles. The minimum atomic E-state index is -0.774. The van der Waals surface area contributed by atoms with Gasteiger partial charge in [0.15, 0.2) is 0 Å². The van der Waals surface area contributed by atoms with E-state index in [2.05, 4.69) is 17.4 Å². The fourth-order valence-electron chi connectivity index (χ4n) is 3.98. The molecule has 2 aromatic carbocycles. The van der Waals surface area contributed by atoms with Crippen LogP contribution in [0, 0.1) is 12.1 Å². The topological polar surface area (TPSA) is 68.4 Å². The number of hydrogen-bond acceptors (Lipinski definition) is 4. The number of aliphatic hydroxyl groups excluding tert-OH is 1. The number of hydrogen-bond donors (Lipinski definition) is 2. The van der Waals surface area contributed by atoms with E-state index in [-0.39, 0.29) is 23.6 Å². The molecule has 2 atom stereocenters. The second kappa shape index (κ2) is 8.60. The van der Waals surface area contributed by atoms with E-state index < -0.39 is 11.7 Å². The van der Waals surface area contributed by atoms with Crippen molar-refractivity contribution in [2.75, 3.05) is 6.54 Å². The van der Waals surface area contributed by atoms with E-state index >= 15 is 0 Å². The van der Waals surface area contributed by atoms with Crippen LogP contribution in [0.4, 0.5) is 0 Å². The second-order valence-corrected chi connectivity index (χ2v) is 8.56. The maximum Gasteiger partial charge on any atom is 0.287 e. The second-order valence-electron chi connectivity index (χ2n) is 8.17. The number of nitrogens with zero attached hydrogens (tertiary/aromatic N) is 1. The van der Waals surface area contributed by atoms with Gasteiger partial charge in [0.25, 0.3) is 5.15 Å². The molecular weight excluding hydrogens is 423 g/mol. The number of benzene rings is 2. The summed E-state index contributed by atoms with van der Waals surface area (Å²) in [6.45, 7) is 6.35. The van der Waals surface area contributed by atoms with Gasteiger partial charge in [-0.1, -0.05) is 30.3 Å². The number of pyridine rings is 1. The Morgan fingerprint density at radius 1 is 1.20 bits per heavy atom. The van der Waals surface area contributed by atoms with Gasteiger partial charge in [-0.15, -0.1) is 12.4 Å². The van der Waals surface area contributed by atoms with E-state index in [4.69, 9.17) is 16.3 Å². The molecule has 1 aliphatic rings. The molecule has 2 N–H and O–H groups in total. The molecule has 3 aromatic rings. The first-order valence-electron chi connectivity index (χ1n) is 9.78. The Balaban J connectivity index is 0.00000256. The maximum atomic E-state index is 12.5. The third kappa shape index (κ3) is 4.08. The van der Waals surface area contributed by atoms with Gasteiger partial charge in [0.2, 0.25) is 5.52 Å². The molecule has 0 spiro atoms. The molecule has 0 fully saturated rings. The lowest BCUT2D eigenvalue weighted by molar-refractivity contribution is -0.574. The van der Waals surface area contributed by atoms with Gasteiger partial charge in [-0.3, -0.25) is 0 Å². The van der Waals surface area contributed by atoms with Crippen LogP contribution < -0.4 is 14.8 Å². The average molecular weight is 449 g/mol. The highest BCUT2D eigenvalue weighted by molar-refractivity contribution is 6.28. The number of aromatic nitrogens is 1. The fraction of sp³-hybridized carbons (Fsp3) is 0.348. The Morgan fingerprint density at radius 3 is 2.60 bits per heavy atom. The minimum absolute atomic E-state index is 0. The first-order valence-corrected chi connectivity index (χ1v) is 10.2. The third-order valence-electron chi connectivity index (χ3n) is 5.66. The number of nitrogens with one attached hydrogen (secondary N) is 1. The van der Waals surface area contributed by atoms with Gasteiger partial charge in [0.05, 0.1) is 11.4 Å². The van der Waals surface area contributed by atoms with Crippen molar-refractivity contribution in [3.05, 3.63) is 75.6 Å². The predicted molar refractivity (Wildman–Crippen MR) is 122 cm³/mol. The standard InChI is InChI=1S/C23H25ClN2O3.ClH/c1-14-11-20(24)26(28)18-12-17-19(13-16(14)18)29-23(2,3)22(27)21(17)25-10-9-15-7-5-4-6-8-15;/h4-8,11-13,21-22,25,27H,9-10H2,1-3H3;1H/t21-,22+;/m0./s1. The molecule has 160 valence electrons. The molecule has 30 heavy (non-hydrogen) atoms. The van der Waals surface area contributed by atoms with Crippen molar-refractivity contribution >= 4 is 34.9 Å². The maximum absolute atomic E-state index is 12.5. The Morgan fingerprint density at radius 2 is 1.90 bits per heavy atom. The summed E-state index contributed by atoms with van der Waals surface area (Å²) in [7, 11) is 0. The molecule has 5 nitrogen and oxygen atoms in total. The Kier molecular flexibility index (Phi) is 6.48. The van der Waals surface area contributed by atoms with Crippen molar-refractivity contribution in [2.24, 2.45) is 0 Å². The molecule has 1 aliphatic heterocycles. The first kappa shape index (κ1) is 22.6. The van der Waals surface area contributed by atoms with Crippen LogP contribution in [-0.2, 0) is 6.42 Å². The number of fused-ring (bicyclic) bond motifs is 2. The summed E-state index contributed by atoms with van der Waals surface area (Å²) in [6.07, 6.45) is 0.0596. The van der Waals surface area contributed by atoms with Crippen molar-refractivity contribution in [3.8, 4) is 5.75 Å². The van der Waals surface area contributed by atoms with E-state index in [1.54, 1.807) is 12.1 Å². The molecule has 0 amide bonds. The van der Waals surface area contributed by atoms with E-state index in [1.165, 1.54) is 5.56 Å². The van der Waals surface area contributed by atoms with Crippen LogP contribution in [-0.4, -0.2) is 23.4 Å². The number of aliphatic hydroxyl groups is 1. The smallest absolute Gasteiger partial charge is 0.287 e. The van der Waals surface area contributed by atoms with Crippen LogP contribution >= 0.6 is 24.0 Å². The highest BCUT2D eigenvalue weighted by Gasteiger charge is 2.43. The summed E-state index contributed by atoms with van der Waals surface area (Å²) in [4.78, 5) is 0. The van der Waals surface area contributed by atoms with Crippen molar-refractivity contribution in [3.63, 3.8) is 0 Å². The molecule has 0 saturated carbocycles. The Labute approximate surface area is 187 Å². The van der Waals surface area contributed by atoms with Crippen LogP contribution in [0.25, 0.3) is 10.9 Å². The zero-order chi connectivity index (χ0) is 20.8. The van der Waals surface area contributed by atoms with Crippen LogP contribution in [0.3, 0.4) is 0 Å². The molecule has 0 saturated heterocycles. The van der Waals surface area contributed by atoms with Crippen molar-refractivity contribution < 1.29 is 14.6 Å². The number of rotatable bonds is 4. The lowest BCUT2D eigenvalue weighted by Crippen LogP contribution is -2.52. The van der Waals surface area contributed by atoms with E-state index in [1.807, 2.05) is 45.0 Å². The van der Waals surface area contributed by atoms with Crippen molar-refractivity contribution in [1.29, 1.82) is 0 Å². The Bertz CT molecular complexity index is 1060. The Hall–Kier alpha value is -2.05. The number of halogens is 2. The summed E-state index contributed by atoms with van der Waals surface area (Å²) in [5, 5.41) is 27.9. The molecule has 7 heteroatoms. The van der Waals surface area contributed by atoms with Crippen LogP contribution in [0.5, 0.6) is 5.75 Å². The molecule has 0 radical (unpaired) electrons. The SMILES string of the molecule is Cc1cc(Cl)[n+]([O-])c2cc3c(cc12)OC(C)(C)[C@H](O)[C@H]3NCCc1ccccc1.Cl. The summed E-state index contributed by atoms with van der Waals surface area (Å²) in [6, 6.07) is 15.2. The quantitative estimate of drug-likeness (QED) is 0.355. The van der Waals surface area contributed by atoms with Gasteiger partial charge in [0.1, 0.15) is 17.5 Å². The fourth-order valence-corrected chi connectivity index (χ4v) is 4.24. The monoisotopic (exact) mass is 448 g/mol. The number of aryl methyl sites for hydroxylation is 1. The van der Waals surface area contributed by atoms with Gasteiger partial charge in [-0.05, 0) is 62.5 Å². The van der Waals surface area contributed by atoms with Crippen molar-refractivity contribution in [1.82, 2.24) is 5.32 Å². The van der Waals surface area contributed by atoms with Crippen molar-refractivity contribution in [2.45, 2.75) is 44.9 Å². The van der Waals surface area contributed by atoms with Crippen LogP contribution in [0.2, 0.25) is 5.15 Å². The summed E-state index contributed by atoms with van der Waals surface area (Å²) >= 11 is 6.09. The van der Waals surface area contributed by atoms with E-state index in [9.17, 15) is 10.3 Å². The molecular formula is C23H26Cl2N2O3. The molecule has 4 rings (SSSR count). The first-order chi connectivity index (χ1) is 13.8. The lowest BCUT2D eigenvalue weighted by atomic mass is 9.85. The average Bonchev–Trinajstić information content (AvgIpc) is 2.69. The highest BCUT2D eigenvalue weighted by atomic mass is 35.5. The van der Waals surface area contributed by atoms with E-state index in [0.717, 1.165) is 27.7 Å². The molecule has 0 aliphatic carbocycles.